The Kier molecular flexibility index (Phi) is 8.24. The standard InChI is InChI=1S/C38H30FN3O5S/c39-34-12-3-4-13-35(34)41-48(45,46)30-9-5-8-29(22-30)42-37(43)32-11-2-1-10-31(32)33(38(42)44)24-40-23-25-14-16-26(17-15-25)27-18-19-36-28(21-27)7-6-20-47-36/h1-5,8-19,21-22,24,41,44H,6-7,20,23H2. The Bertz CT molecular complexity index is 2370. The molecule has 240 valence electrons. The number of aromatic hydroxyl groups is 1. The van der Waals surface area contributed by atoms with E-state index in [0.717, 1.165) is 52.5 Å². The van der Waals surface area contributed by atoms with E-state index in [2.05, 4.69) is 21.8 Å². The molecular formula is C38H30FN3O5S. The van der Waals surface area contributed by atoms with Crippen LogP contribution in [0, 0.1) is 5.82 Å². The van der Waals surface area contributed by atoms with E-state index in [-0.39, 0.29) is 16.3 Å². The lowest BCUT2D eigenvalue weighted by Crippen LogP contribution is -2.21. The number of rotatable bonds is 8. The van der Waals surface area contributed by atoms with Crippen LogP contribution in [0.5, 0.6) is 11.6 Å². The second-order valence-corrected chi connectivity index (χ2v) is 13.1. The summed E-state index contributed by atoms with van der Waals surface area (Å²) in [6.07, 6.45) is 3.53. The van der Waals surface area contributed by atoms with Gasteiger partial charge in [0.15, 0.2) is 0 Å². The van der Waals surface area contributed by atoms with Gasteiger partial charge in [-0.3, -0.25) is 14.5 Å². The number of hydrogen-bond acceptors (Lipinski definition) is 6. The van der Waals surface area contributed by atoms with Crippen LogP contribution in [0.2, 0.25) is 0 Å². The average molecular weight is 660 g/mol. The fraction of sp³-hybridized carbons (Fsp3) is 0.105. The molecule has 1 aliphatic heterocycles. The molecule has 5 aromatic carbocycles. The zero-order chi connectivity index (χ0) is 33.3. The van der Waals surface area contributed by atoms with E-state index in [4.69, 9.17) is 4.74 Å². The van der Waals surface area contributed by atoms with Crippen LogP contribution in [-0.4, -0.2) is 30.9 Å². The van der Waals surface area contributed by atoms with Gasteiger partial charge in [0, 0.05) is 17.0 Å². The van der Waals surface area contributed by atoms with Crippen molar-refractivity contribution in [2.75, 3.05) is 11.3 Å². The van der Waals surface area contributed by atoms with Gasteiger partial charge in [0.05, 0.1) is 35.0 Å². The first-order valence-corrected chi connectivity index (χ1v) is 16.9. The third kappa shape index (κ3) is 6.05. The number of para-hydroxylation sites is 1. The first-order chi connectivity index (χ1) is 23.3. The van der Waals surface area contributed by atoms with Gasteiger partial charge in [-0.2, -0.15) is 0 Å². The molecule has 6 aromatic rings. The number of anilines is 1. The van der Waals surface area contributed by atoms with Gasteiger partial charge in [0.2, 0.25) is 5.88 Å². The van der Waals surface area contributed by atoms with Crippen molar-refractivity contribution in [3.05, 3.63) is 148 Å². The number of ether oxygens (including phenoxy) is 1. The van der Waals surface area contributed by atoms with E-state index in [1.807, 2.05) is 30.3 Å². The normalized spacial score (nSPS) is 12.9. The van der Waals surface area contributed by atoms with Crippen LogP contribution in [0.15, 0.2) is 130 Å². The quantitative estimate of drug-likeness (QED) is 0.167. The summed E-state index contributed by atoms with van der Waals surface area (Å²) in [4.78, 5) is 18.0. The highest BCUT2D eigenvalue weighted by Crippen LogP contribution is 2.31. The molecule has 10 heteroatoms. The van der Waals surface area contributed by atoms with Gasteiger partial charge in [-0.05, 0) is 83.6 Å². The summed E-state index contributed by atoms with van der Waals surface area (Å²) in [5.41, 5.74) is 4.03. The predicted octanol–water partition coefficient (Wildman–Crippen LogP) is 7.25. The molecule has 7 rings (SSSR count). The number of halogens is 1. The molecule has 1 aliphatic rings. The molecule has 0 aliphatic carbocycles. The first kappa shape index (κ1) is 30.9. The number of aliphatic imine (C=N–C) groups is 1. The van der Waals surface area contributed by atoms with Crippen molar-refractivity contribution in [3.8, 4) is 28.4 Å². The van der Waals surface area contributed by atoms with Gasteiger partial charge in [-0.1, -0.05) is 66.7 Å². The van der Waals surface area contributed by atoms with Crippen LogP contribution in [0.3, 0.4) is 0 Å². The number of sulfonamides is 1. The van der Waals surface area contributed by atoms with Crippen molar-refractivity contribution in [3.63, 3.8) is 0 Å². The molecule has 0 atom stereocenters. The van der Waals surface area contributed by atoms with Crippen LogP contribution in [0.1, 0.15) is 23.1 Å². The molecule has 1 aromatic heterocycles. The van der Waals surface area contributed by atoms with Crippen LogP contribution < -0.4 is 15.0 Å². The van der Waals surface area contributed by atoms with Gasteiger partial charge in [0.25, 0.3) is 15.6 Å². The Balaban J connectivity index is 1.19. The highest BCUT2D eigenvalue weighted by atomic mass is 32.2. The summed E-state index contributed by atoms with van der Waals surface area (Å²) in [6, 6.07) is 32.1. The minimum absolute atomic E-state index is 0.110. The highest BCUT2D eigenvalue weighted by Gasteiger charge is 2.20. The molecule has 2 heterocycles. The Morgan fingerprint density at radius 1 is 0.875 bits per heavy atom. The summed E-state index contributed by atoms with van der Waals surface area (Å²) in [5, 5.41) is 12.3. The molecule has 0 amide bonds. The van der Waals surface area contributed by atoms with Gasteiger partial charge in [0.1, 0.15) is 11.6 Å². The number of aryl methyl sites for hydroxylation is 1. The van der Waals surface area contributed by atoms with Crippen molar-refractivity contribution in [2.45, 2.75) is 24.3 Å². The summed E-state index contributed by atoms with van der Waals surface area (Å²) >= 11 is 0. The van der Waals surface area contributed by atoms with Crippen LogP contribution in [-0.2, 0) is 23.0 Å². The lowest BCUT2D eigenvalue weighted by molar-refractivity contribution is 0.288. The van der Waals surface area contributed by atoms with Crippen molar-refractivity contribution in [1.29, 1.82) is 0 Å². The van der Waals surface area contributed by atoms with Crippen molar-refractivity contribution in [2.24, 2.45) is 4.99 Å². The maximum absolute atomic E-state index is 14.2. The van der Waals surface area contributed by atoms with E-state index in [1.165, 1.54) is 54.2 Å². The molecule has 8 nitrogen and oxygen atoms in total. The summed E-state index contributed by atoms with van der Waals surface area (Å²) in [5.74, 6) is -0.177. The molecule has 0 saturated carbocycles. The number of nitrogens with one attached hydrogen (secondary N) is 1. The number of benzene rings is 5. The Hall–Kier alpha value is -5.74. The van der Waals surface area contributed by atoms with Gasteiger partial charge in [-0.25, -0.2) is 17.4 Å². The lowest BCUT2D eigenvalue weighted by Gasteiger charge is -2.18. The Labute approximate surface area is 276 Å². The molecule has 0 spiro atoms. The third-order valence-electron chi connectivity index (χ3n) is 8.30. The first-order valence-electron chi connectivity index (χ1n) is 15.4. The number of pyridine rings is 1. The Morgan fingerprint density at radius 2 is 1.62 bits per heavy atom. The van der Waals surface area contributed by atoms with E-state index in [0.29, 0.717) is 22.9 Å². The molecule has 0 saturated heterocycles. The lowest BCUT2D eigenvalue weighted by atomic mass is 9.98. The fourth-order valence-corrected chi connectivity index (χ4v) is 6.96. The number of hydrogen-bond donors (Lipinski definition) is 2. The molecular weight excluding hydrogens is 629 g/mol. The van der Waals surface area contributed by atoms with Crippen LogP contribution >= 0.6 is 0 Å². The molecule has 48 heavy (non-hydrogen) atoms. The zero-order valence-corrected chi connectivity index (χ0v) is 26.5. The topological polar surface area (TPSA) is 110 Å². The molecule has 0 radical (unpaired) electrons. The summed E-state index contributed by atoms with van der Waals surface area (Å²) in [7, 11) is -4.23. The molecule has 2 N–H and O–H groups in total. The number of aromatic nitrogens is 1. The fourth-order valence-electron chi connectivity index (χ4n) is 5.85. The van der Waals surface area contributed by atoms with E-state index in [9.17, 15) is 22.7 Å². The van der Waals surface area contributed by atoms with Crippen LogP contribution in [0.25, 0.3) is 27.6 Å². The minimum Gasteiger partial charge on any atom is -0.494 e. The van der Waals surface area contributed by atoms with Crippen LogP contribution in [0.4, 0.5) is 10.1 Å². The maximum atomic E-state index is 14.2. The van der Waals surface area contributed by atoms with Crippen molar-refractivity contribution >= 4 is 32.7 Å². The molecule has 0 unspecified atom stereocenters. The average Bonchev–Trinajstić information content (AvgIpc) is 3.11. The number of nitrogens with zero attached hydrogens (tertiary/aromatic N) is 2. The number of fused-ring (bicyclic) bond motifs is 2. The third-order valence-corrected chi connectivity index (χ3v) is 9.66. The summed E-state index contributed by atoms with van der Waals surface area (Å²) < 4.78 is 49.6. The second kappa shape index (κ2) is 12.8. The van der Waals surface area contributed by atoms with E-state index in [1.54, 1.807) is 24.3 Å². The largest absolute Gasteiger partial charge is 0.494 e. The van der Waals surface area contributed by atoms with Crippen molar-refractivity contribution in [1.82, 2.24) is 4.57 Å². The zero-order valence-electron chi connectivity index (χ0n) is 25.6. The minimum atomic E-state index is -4.23. The molecule has 0 bridgehead atoms. The molecule has 0 fully saturated rings. The van der Waals surface area contributed by atoms with Gasteiger partial charge >= 0.3 is 0 Å². The predicted molar refractivity (Wildman–Crippen MR) is 185 cm³/mol. The van der Waals surface area contributed by atoms with Crippen molar-refractivity contribution < 1.29 is 22.7 Å². The monoisotopic (exact) mass is 659 g/mol. The highest BCUT2D eigenvalue weighted by molar-refractivity contribution is 7.92. The van der Waals surface area contributed by atoms with Gasteiger partial charge in [-0.15, -0.1) is 0 Å². The Morgan fingerprint density at radius 3 is 2.44 bits per heavy atom. The van der Waals surface area contributed by atoms with E-state index < -0.39 is 27.3 Å². The summed E-state index contributed by atoms with van der Waals surface area (Å²) in [6.45, 7) is 1.07. The SMILES string of the molecule is O=c1c2ccccc2c(C=NCc2ccc(-c3ccc4c(c3)CCCO4)cc2)c(O)n1-c1cccc(S(=O)(=O)Nc2ccccc2F)c1. The van der Waals surface area contributed by atoms with E-state index >= 15 is 0 Å². The van der Waals surface area contributed by atoms with Gasteiger partial charge < -0.3 is 9.84 Å². The smallest absolute Gasteiger partial charge is 0.265 e. The second-order valence-electron chi connectivity index (χ2n) is 11.4. The maximum Gasteiger partial charge on any atom is 0.265 e.